The van der Waals surface area contributed by atoms with Crippen LogP contribution in [0.4, 0.5) is 0 Å². The van der Waals surface area contributed by atoms with Crippen molar-refractivity contribution in [3.8, 4) is 0 Å². The predicted molar refractivity (Wildman–Crippen MR) is 75.0 cm³/mol. The molecule has 1 saturated heterocycles. The summed E-state index contributed by atoms with van der Waals surface area (Å²) >= 11 is 0. The Bertz CT molecular complexity index is 547. The van der Waals surface area contributed by atoms with Crippen molar-refractivity contribution < 1.29 is 13.2 Å². The van der Waals surface area contributed by atoms with Gasteiger partial charge in [-0.3, -0.25) is 10.00 Å². The fourth-order valence-corrected chi connectivity index (χ4v) is 3.58. The van der Waals surface area contributed by atoms with Gasteiger partial charge in [-0.05, 0) is 20.8 Å². The van der Waals surface area contributed by atoms with Crippen LogP contribution in [0.15, 0.2) is 11.1 Å². The normalized spacial score (nSPS) is 18.4. The Balaban J connectivity index is 2.02. The molecule has 7 nitrogen and oxygen atoms in total. The summed E-state index contributed by atoms with van der Waals surface area (Å²) in [5, 5.41) is 6.39. The topological polar surface area (TPSA) is 87.3 Å². The summed E-state index contributed by atoms with van der Waals surface area (Å²) in [6.07, 6.45) is 1.33. The molecule has 114 valence electrons. The molecule has 1 aliphatic rings. The Morgan fingerprint density at radius 1 is 1.45 bits per heavy atom. The Morgan fingerprint density at radius 2 is 2.10 bits per heavy atom. The minimum Gasteiger partial charge on any atom is -0.379 e. The van der Waals surface area contributed by atoms with Crippen molar-refractivity contribution >= 4 is 10.0 Å². The summed E-state index contributed by atoms with van der Waals surface area (Å²) in [5.74, 6) is 0. The van der Waals surface area contributed by atoms with Gasteiger partial charge < -0.3 is 4.74 Å². The third-order valence-electron chi connectivity index (χ3n) is 3.64. The van der Waals surface area contributed by atoms with Gasteiger partial charge in [0, 0.05) is 25.2 Å². The molecule has 0 amide bonds. The average molecular weight is 302 g/mol. The van der Waals surface area contributed by atoms with E-state index < -0.39 is 10.0 Å². The Hall–Kier alpha value is -0.960. The third kappa shape index (κ3) is 3.38. The van der Waals surface area contributed by atoms with Crippen LogP contribution in [0.1, 0.15) is 19.5 Å². The highest BCUT2D eigenvalue weighted by Crippen LogP contribution is 2.17. The van der Waals surface area contributed by atoms with Crippen LogP contribution in [0.5, 0.6) is 0 Å². The Labute approximate surface area is 119 Å². The lowest BCUT2D eigenvalue weighted by Crippen LogP contribution is -2.55. The first-order valence-electron chi connectivity index (χ1n) is 6.65. The Kier molecular flexibility index (Phi) is 4.48. The van der Waals surface area contributed by atoms with Crippen LogP contribution in [-0.4, -0.2) is 61.9 Å². The highest BCUT2D eigenvalue weighted by Gasteiger charge is 2.30. The van der Waals surface area contributed by atoms with Gasteiger partial charge in [0.1, 0.15) is 4.90 Å². The van der Waals surface area contributed by atoms with Crippen LogP contribution in [0.2, 0.25) is 0 Å². The number of H-pyrrole nitrogens is 1. The van der Waals surface area contributed by atoms with Gasteiger partial charge in [-0.15, -0.1) is 0 Å². The van der Waals surface area contributed by atoms with Gasteiger partial charge in [-0.1, -0.05) is 0 Å². The Morgan fingerprint density at radius 3 is 2.65 bits per heavy atom. The van der Waals surface area contributed by atoms with Crippen LogP contribution in [-0.2, 0) is 14.8 Å². The number of nitrogens with one attached hydrogen (secondary N) is 2. The highest BCUT2D eigenvalue weighted by atomic mass is 32.2. The van der Waals surface area contributed by atoms with E-state index in [1.807, 2.05) is 13.8 Å². The average Bonchev–Trinajstić information content (AvgIpc) is 2.85. The lowest BCUT2D eigenvalue weighted by molar-refractivity contribution is -0.00803. The highest BCUT2D eigenvalue weighted by molar-refractivity contribution is 7.89. The maximum absolute atomic E-state index is 12.2. The number of rotatable bonds is 5. The maximum Gasteiger partial charge on any atom is 0.244 e. The molecule has 0 bridgehead atoms. The number of nitrogens with zero attached hydrogens (tertiary/aromatic N) is 2. The predicted octanol–water partition coefficient (Wildman–Crippen LogP) is 0.107. The molecule has 20 heavy (non-hydrogen) atoms. The van der Waals surface area contributed by atoms with Crippen molar-refractivity contribution in [2.45, 2.75) is 31.2 Å². The summed E-state index contributed by atoms with van der Waals surface area (Å²) in [6, 6.07) is 0. The van der Waals surface area contributed by atoms with Crippen molar-refractivity contribution in [1.82, 2.24) is 19.8 Å². The molecule has 8 heteroatoms. The van der Waals surface area contributed by atoms with Gasteiger partial charge in [0.2, 0.25) is 10.0 Å². The molecule has 0 atom stereocenters. The number of sulfonamides is 1. The number of ether oxygens (including phenoxy) is 1. The van der Waals surface area contributed by atoms with E-state index in [2.05, 4.69) is 19.8 Å². The van der Waals surface area contributed by atoms with Gasteiger partial charge >= 0.3 is 0 Å². The molecule has 0 saturated carbocycles. The quantitative estimate of drug-likeness (QED) is 0.806. The number of morpholine rings is 1. The minimum absolute atomic E-state index is 0.204. The monoisotopic (exact) mass is 302 g/mol. The van der Waals surface area contributed by atoms with Gasteiger partial charge in [0.05, 0.1) is 25.1 Å². The summed E-state index contributed by atoms with van der Waals surface area (Å²) < 4.78 is 32.5. The van der Waals surface area contributed by atoms with Crippen LogP contribution in [0.3, 0.4) is 0 Å². The lowest BCUT2D eigenvalue weighted by Gasteiger charge is -2.40. The molecule has 2 N–H and O–H groups in total. The molecule has 2 rings (SSSR count). The van der Waals surface area contributed by atoms with Crippen LogP contribution in [0, 0.1) is 6.92 Å². The first-order valence-corrected chi connectivity index (χ1v) is 8.14. The summed E-state index contributed by atoms with van der Waals surface area (Å²) in [4.78, 5) is 2.44. The zero-order chi connectivity index (χ0) is 14.8. The number of hydrogen-bond donors (Lipinski definition) is 2. The number of hydrogen-bond acceptors (Lipinski definition) is 5. The van der Waals surface area contributed by atoms with Crippen molar-refractivity contribution in [3.05, 3.63) is 11.9 Å². The van der Waals surface area contributed by atoms with E-state index in [1.165, 1.54) is 6.20 Å². The van der Waals surface area contributed by atoms with Crippen LogP contribution < -0.4 is 4.72 Å². The van der Waals surface area contributed by atoms with Crippen molar-refractivity contribution in [3.63, 3.8) is 0 Å². The van der Waals surface area contributed by atoms with E-state index in [0.717, 1.165) is 13.1 Å². The maximum atomic E-state index is 12.2. The fourth-order valence-electron chi connectivity index (χ4n) is 2.24. The third-order valence-corrected chi connectivity index (χ3v) is 5.15. The van der Waals surface area contributed by atoms with Gasteiger partial charge in [-0.2, -0.15) is 5.10 Å². The molecule has 0 aromatic carbocycles. The van der Waals surface area contributed by atoms with E-state index in [4.69, 9.17) is 4.74 Å². The first-order chi connectivity index (χ1) is 9.33. The fraction of sp³-hybridized carbons (Fsp3) is 0.750. The lowest BCUT2D eigenvalue weighted by atomic mass is 10.0. The van der Waals surface area contributed by atoms with E-state index in [0.29, 0.717) is 25.5 Å². The second kappa shape index (κ2) is 5.80. The molecule has 0 radical (unpaired) electrons. The molecule has 1 aromatic rings. The van der Waals surface area contributed by atoms with Crippen LogP contribution in [0.25, 0.3) is 0 Å². The van der Waals surface area contributed by atoms with E-state index in [1.54, 1.807) is 6.92 Å². The summed E-state index contributed by atoms with van der Waals surface area (Å²) in [6.45, 7) is 9.12. The molecular weight excluding hydrogens is 280 g/mol. The molecule has 0 spiro atoms. The molecular formula is C12H22N4O3S. The van der Waals surface area contributed by atoms with Gasteiger partial charge in [0.15, 0.2) is 0 Å². The van der Waals surface area contributed by atoms with Crippen molar-refractivity contribution in [2.75, 3.05) is 32.8 Å². The smallest absolute Gasteiger partial charge is 0.244 e. The standard InChI is InChI=1S/C12H22N4O3S/c1-10-11(8-13-15-10)20(17,18)14-9-12(2,3)16-4-6-19-7-5-16/h8,14H,4-7,9H2,1-3H3,(H,13,15). The summed E-state index contributed by atoms with van der Waals surface area (Å²) in [7, 11) is -3.52. The molecule has 0 aliphatic carbocycles. The van der Waals surface area contributed by atoms with Gasteiger partial charge in [0.25, 0.3) is 0 Å². The number of aryl methyl sites for hydroxylation is 1. The van der Waals surface area contributed by atoms with E-state index in [9.17, 15) is 8.42 Å². The van der Waals surface area contributed by atoms with Crippen molar-refractivity contribution in [1.29, 1.82) is 0 Å². The molecule has 0 unspecified atom stereocenters. The molecule has 1 fully saturated rings. The minimum atomic E-state index is -3.52. The zero-order valence-corrected chi connectivity index (χ0v) is 13.0. The molecule has 2 heterocycles. The van der Waals surface area contributed by atoms with Gasteiger partial charge in [-0.25, -0.2) is 13.1 Å². The summed E-state index contributed by atoms with van der Waals surface area (Å²) in [5.41, 5.74) is 0.288. The zero-order valence-electron chi connectivity index (χ0n) is 12.1. The van der Waals surface area contributed by atoms with E-state index >= 15 is 0 Å². The van der Waals surface area contributed by atoms with Crippen LogP contribution >= 0.6 is 0 Å². The molecule has 1 aromatic heterocycles. The molecule has 1 aliphatic heterocycles. The largest absolute Gasteiger partial charge is 0.379 e. The second-order valence-electron chi connectivity index (χ2n) is 5.60. The number of aromatic amines is 1. The van der Waals surface area contributed by atoms with Crippen molar-refractivity contribution in [2.24, 2.45) is 0 Å². The first kappa shape index (κ1) is 15.4. The SMILES string of the molecule is Cc1[nH]ncc1S(=O)(=O)NCC(C)(C)N1CCOCC1. The number of aromatic nitrogens is 2. The van der Waals surface area contributed by atoms with E-state index in [-0.39, 0.29) is 10.4 Å². The second-order valence-corrected chi connectivity index (χ2v) is 7.33.